The van der Waals surface area contributed by atoms with Gasteiger partial charge in [-0.25, -0.2) is 0 Å². The van der Waals surface area contributed by atoms with Gasteiger partial charge in [0.15, 0.2) is 0 Å². The van der Waals surface area contributed by atoms with Crippen molar-refractivity contribution in [2.75, 3.05) is 26.9 Å². The van der Waals surface area contributed by atoms with Crippen molar-refractivity contribution in [3.8, 4) is 5.75 Å². The first-order valence-corrected chi connectivity index (χ1v) is 9.26. The summed E-state index contributed by atoms with van der Waals surface area (Å²) in [4.78, 5) is 2.46. The number of rotatable bonds is 10. The number of hydrogen-bond donors (Lipinski definition) is 0. The van der Waals surface area contributed by atoms with Crippen LogP contribution in [0.3, 0.4) is 0 Å². The van der Waals surface area contributed by atoms with Gasteiger partial charge in [-0.3, -0.25) is 0 Å². The minimum absolute atomic E-state index is 0.155. The predicted molar refractivity (Wildman–Crippen MR) is 99.7 cm³/mol. The Bertz CT molecular complexity index is 466. The van der Waals surface area contributed by atoms with Crippen LogP contribution in [0.2, 0.25) is 6.32 Å². The number of methoxy groups -OCH3 is 1. The van der Waals surface area contributed by atoms with Crippen molar-refractivity contribution in [3.05, 3.63) is 29.8 Å². The Kier molecular flexibility index (Phi) is 8.09. The van der Waals surface area contributed by atoms with E-state index in [-0.39, 0.29) is 13.2 Å². The van der Waals surface area contributed by atoms with E-state index in [0.29, 0.717) is 12.6 Å². The van der Waals surface area contributed by atoms with Crippen LogP contribution in [-0.2, 0) is 15.8 Å². The normalized spacial score (nSPS) is 18.5. The van der Waals surface area contributed by atoms with Gasteiger partial charge in [0.25, 0.3) is 0 Å². The van der Waals surface area contributed by atoms with Crippen LogP contribution in [0.15, 0.2) is 24.3 Å². The Morgan fingerprint density at radius 3 is 2.67 bits per heavy atom. The van der Waals surface area contributed by atoms with Gasteiger partial charge in [0.1, 0.15) is 12.4 Å². The van der Waals surface area contributed by atoms with Crippen LogP contribution in [0.25, 0.3) is 0 Å². The largest absolute Gasteiger partial charge is 0.491 e. The minimum Gasteiger partial charge on any atom is -0.491 e. The summed E-state index contributed by atoms with van der Waals surface area (Å²) in [5.41, 5.74) is 1.27. The van der Waals surface area contributed by atoms with Gasteiger partial charge in [0.2, 0.25) is 0 Å². The summed E-state index contributed by atoms with van der Waals surface area (Å²) in [6.45, 7) is 9.03. The van der Waals surface area contributed by atoms with E-state index in [1.54, 1.807) is 7.11 Å². The van der Waals surface area contributed by atoms with Gasteiger partial charge < -0.3 is 18.9 Å². The summed E-state index contributed by atoms with van der Waals surface area (Å²) in [5, 5.41) is 0. The molecule has 4 nitrogen and oxygen atoms in total. The molecule has 1 saturated heterocycles. The molecule has 1 atom stereocenters. The van der Waals surface area contributed by atoms with E-state index >= 15 is 0 Å². The Hall–Kier alpha value is -1.04. The molecule has 0 N–H and O–H groups in total. The average Bonchev–Trinajstić information content (AvgIpc) is 3.00. The zero-order chi connectivity index (χ0) is 17.4. The topological polar surface area (TPSA) is 30.9 Å². The quantitative estimate of drug-likeness (QED) is 0.612. The third-order valence-electron chi connectivity index (χ3n) is 4.56. The second-order valence-corrected chi connectivity index (χ2v) is 6.84. The molecule has 0 aliphatic carbocycles. The summed E-state index contributed by atoms with van der Waals surface area (Å²) in [6.07, 6.45) is 4.62. The first-order chi connectivity index (χ1) is 11.6. The molecule has 0 radical (unpaired) electrons. The summed E-state index contributed by atoms with van der Waals surface area (Å²) in [7, 11) is 1.97. The zero-order valence-electron chi connectivity index (χ0n) is 15.7. The van der Waals surface area contributed by atoms with Crippen molar-refractivity contribution < 1.29 is 14.1 Å². The molecule has 1 aliphatic rings. The molecule has 24 heavy (non-hydrogen) atoms. The van der Waals surface area contributed by atoms with Crippen molar-refractivity contribution in [2.45, 2.75) is 58.5 Å². The van der Waals surface area contributed by atoms with Crippen molar-refractivity contribution in [3.63, 3.8) is 0 Å². The average molecular weight is 333 g/mol. The van der Waals surface area contributed by atoms with Gasteiger partial charge in [0, 0.05) is 13.7 Å². The molecule has 0 amide bonds. The van der Waals surface area contributed by atoms with Crippen molar-refractivity contribution in [1.82, 2.24) is 4.81 Å². The van der Waals surface area contributed by atoms with E-state index in [0.717, 1.165) is 31.6 Å². The van der Waals surface area contributed by atoms with E-state index in [1.807, 2.05) is 12.1 Å². The number of hydrogen-bond acceptors (Lipinski definition) is 4. The second-order valence-electron chi connectivity index (χ2n) is 6.84. The van der Waals surface area contributed by atoms with Gasteiger partial charge in [-0.2, -0.15) is 0 Å². The number of benzene rings is 1. The minimum atomic E-state index is 0.155. The Labute approximate surface area is 147 Å². The highest BCUT2D eigenvalue weighted by Gasteiger charge is 2.38. The highest BCUT2D eigenvalue weighted by molar-refractivity contribution is 6.49. The second kappa shape index (κ2) is 10.1. The molecule has 1 aliphatic heterocycles. The van der Waals surface area contributed by atoms with E-state index in [9.17, 15) is 0 Å². The molecule has 1 aromatic carbocycles. The fourth-order valence-corrected chi connectivity index (χ4v) is 3.11. The summed E-state index contributed by atoms with van der Waals surface area (Å²) >= 11 is 0. The number of unbranched alkanes of at least 4 members (excludes halogenated alkanes) is 1. The smallest absolute Gasteiger partial charge is 0.383 e. The molecule has 0 bridgehead atoms. The molecule has 1 heterocycles. The van der Waals surface area contributed by atoms with Crippen molar-refractivity contribution in [1.29, 1.82) is 0 Å². The monoisotopic (exact) mass is 333 g/mol. The molecule has 5 heteroatoms. The van der Waals surface area contributed by atoms with E-state index < -0.39 is 0 Å². The van der Waals surface area contributed by atoms with E-state index in [1.165, 1.54) is 18.4 Å². The Balaban J connectivity index is 1.81. The van der Waals surface area contributed by atoms with Gasteiger partial charge in [-0.15, -0.1) is 0 Å². The standard InChI is InChI=1S/C19H32BNO3/c1-5-6-12-20-21(16(2)3)14-19(24-20)15-23-18-9-7-17(8-10-18)11-13-22-4/h7-10,16,19H,5-6,11-15H2,1-4H3. The molecule has 0 saturated carbocycles. The molecule has 1 fully saturated rings. The third-order valence-corrected chi connectivity index (χ3v) is 4.56. The lowest BCUT2D eigenvalue weighted by Gasteiger charge is -2.23. The lowest BCUT2D eigenvalue weighted by atomic mass is 9.74. The summed E-state index contributed by atoms with van der Waals surface area (Å²) in [5.74, 6) is 0.910. The lowest BCUT2D eigenvalue weighted by molar-refractivity contribution is 0.150. The van der Waals surface area contributed by atoms with Gasteiger partial charge >= 0.3 is 7.05 Å². The first kappa shape index (κ1) is 19.3. The number of ether oxygens (including phenoxy) is 2. The maximum Gasteiger partial charge on any atom is 0.383 e. The maximum atomic E-state index is 6.22. The summed E-state index contributed by atoms with van der Waals surface area (Å²) < 4.78 is 17.3. The molecule has 0 spiro atoms. The molecule has 1 aromatic rings. The SMILES string of the molecule is CCCCB1OC(COc2ccc(CCOC)cc2)CN1C(C)C. The van der Waals surface area contributed by atoms with Crippen LogP contribution in [0.5, 0.6) is 5.75 Å². The zero-order valence-corrected chi connectivity index (χ0v) is 15.7. The van der Waals surface area contributed by atoms with Gasteiger partial charge in [-0.05, 0) is 36.5 Å². The Morgan fingerprint density at radius 2 is 2.04 bits per heavy atom. The molecule has 134 valence electrons. The van der Waals surface area contributed by atoms with Crippen LogP contribution in [0, 0.1) is 0 Å². The molecule has 1 unspecified atom stereocenters. The molecular formula is C19H32BNO3. The van der Waals surface area contributed by atoms with Crippen LogP contribution in [0.4, 0.5) is 0 Å². The van der Waals surface area contributed by atoms with Crippen LogP contribution < -0.4 is 4.74 Å². The van der Waals surface area contributed by atoms with E-state index in [2.05, 4.69) is 37.7 Å². The Morgan fingerprint density at radius 1 is 1.29 bits per heavy atom. The van der Waals surface area contributed by atoms with E-state index in [4.69, 9.17) is 14.1 Å². The van der Waals surface area contributed by atoms with Crippen LogP contribution in [0.1, 0.15) is 39.2 Å². The molecule has 0 aromatic heterocycles. The maximum absolute atomic E-state index is 6.22. The number of nitrogens with zero attached hydrogens (tertiary/aromatic N) is 1. The molecular weight excluding hydrogens is 301 g/mol. The first-order valence-electron chi connectivity index (χ1n) is 9.26. The highest BCUT2D eigenvalue weighted by atomic mass is 16.5. The van der Waals surface area contributed by atoms with Crippen molar-refractivity contribution in [2.24, 2.45) is 0 Å². The van der Waals surface area contributed by atoms with Gasteiger partial charge in [-0.1, -0.05) is 45.7 Å². The third kappa shape index (κ3) is 5.80. The lowest BCUT2D eigenvalue weighted by Crippen LogP contribution is -2.39. The fraction of sp³-hybridized carbons (Fsp3) is 0.684. The van der Waals surface area contributed by atoms with Crippen LogP contribution >= 0.6 is 0 Å². The highest BCUT2D eigenvalue weighted by Crippen LogP contribution is 2.22. The van der Waals surface area contributed by atoms with Gasteiger partial charge in [0.05, 0.1) is 12.7 Å². The van der Waals surface area contributed by atoms with Crippen molar-refractivity contribution >= 4 is 7.05 Å². The molecule has 2 rings (SSSR count). The van der Waals surface area contributed by atoms with Crippen LogP contribution in [-0.4, -0.2) is 50.9 Å². The summed E-state index contributed by atoms with van der Waals surface area (Å²) in [6, 6.07) is 8.79. The predicted octanol–water partition coefficient (Wildman–Crippen LogP) is 3.65. The fourth-order valence-electron chi connectivity index (χ4n) is 3.11.